The Hall–Kier alpha value is -3.05. The Labute approximate surface area is 206 Å². The Balaban J connectivity index is 1.95. The third-order valence-electron chi connectivity index (χ3n) is 5.52. The van der Waals surface area contributed by atoms with Gasteiger partial charge in [0.15, 0.2) is 11.5 Å². The third kappa shape index (κ3) is 5.52. The number of hydrogen-bond acceptors (Lipinski definition) is 8. The lowest BCUT2D eigenvalue weighted by Gasteiger charge is -2.28. The van der Waals surface area contributed by atoms with Crippen LogP contribution in [0.5, 0.6) is 17.2 Å². The summed E-state index contributed by atoms with van der Waals surface area (Å²) in [7, 11) is -3.09. The lowest BCUT2D eigenvalue weighted by molar-refractivity contribution is -0.137. The molecule has 0 unspecified atom stereocenters. The van der Waals surface area contributed by atoms with Gasteiger partial charge in [0.05, 0.1) is 42.4 Å². The number of halogens is 3. The first-order chi connectivity index (χ1) is 16.7. The normalized spacial score (nSPS) is 20.8. The molecule has 0 saturated carbocycles. The van der Waals surface area contributed by atoms with Gasteiger partial charge in [0.1, 0.15) is 23.5 Å². The molecule has 2 N–H and O–H groups in total. The highest BCUT2D eigenvalue weighted by Gasteiger charge is 2.51. The number of aliphatic hydroxyl groups excluding tert-OH is 1. The van der Waals surface area contributed by atoms with Crippen LogP contribution < -0.4 is 14.2 Å². The van der Waals surface area contributed by atoms with Gasteiger partial charge in [-0.1, -0.05) is 0 Å². The van der Waals surface area contributed by atoms with E-state index in [-0.39, 0.29) is 17.6 Å². The highest BCUT2D eigenvalue weighted by atomic mass is 32.2. The second-order valence-corrected chi connectivity index (χ2v) is 10.4. The van der Waals surface area contributed by atoms with Crippen molar-refractivity contribution in [3.05, 3.63) is 47.5 Å². The highest BCUT2D eigenvalue weighted by molar-refractivity contribution is 7.89. The van der Waals surface area contributed by atoms with Crippen LogP contribution in [-0.2, 0) is 16.2 Å². The molecule has 0 spiro atoms. The van der Waals surface area contributed by atoms with Crippen LogP contribution in [0.15, 0.2) is 41.3 Å². The number of hydrogen-bond donors (Lipinski definition) is 2. The second kappa shape index (κ2) is 10.1. The van der Waals surface area contributed by atoms with Gasteiger partial charge in [-0.15, -0.1) is 0 Å². The molecule has 13 heteroatoms. The third-order valence-corrected chi connectivity index (χ3v) is 7.39. The van der Waals surface area contributed by atoms with E-state index in [9.17, 15) is 37.1 Å². The van der Waals surface area contributed by atoms with Crippen molar-refractivity contribution in [2.75, 3.05) is 26.8 Å². The first kappa shape index (κ1) is 27.5. The number of rotatable bonds is 8. The fourth-order valence-electron chi connectivity index (χ4n) is 3.68. The van der Waals surface area contributed by atoms with Crippen LogP contribution in [0.1, 0.15) is 25.0 Å². The maximum absolute atomic E-state index is 13.3. The molecule has 0 aliphatic carbocycles. The van der Waals surface area contributed by atoms with Crippen LogP contribution in [0.25, 0.3) is 0 Å². The maximum atomic E-state index is 13.3. The maximum Gasteiger partial charge on any atom is 0.416 e. The van der Waals surface area contributed by atoms with Gasteiger partial charge in [-0.25, -0.2) is 8.42 Å². The summed E-state index contributed by atoms with van der Waals surface area (Å²) in [6, 6.07) is 7.78. The number of sulfonamides is 1. The molecule has 1 heterocycles. The van der Waals surface area contributed by atoms with Gasteiger partial charge in [-0.05, 0) is 44.2 Å². The molecule has 1 aliphatic rings. The van der Waals surface area contributed by atoms with E-state index in [1.54, 1.807) is 19.9 Å². The number of ether oxygens (including phenoxy) is 3. The first-order valence-electron chi connectivity index (χ1n) is 10.7. The minimum absolute atomic E-state index is 0.146. The highest BCUT2D eigenvalue weighted by Crippen LogP contribution is 2.38. The van der Waals surface area contributed by atoms with Crippen molar-refractivity contribution in [2.24, 2.45) is 0 Å². The van der Waals surface area contributed by atoms with E-state index in [1.807, 2.05) is 0 Å². The van der Waals surface area contributed by atoms with E-state index >= 15 is 0 Å². The second-order valence-electron chi connectivity index (χ2n) is 8.47. The number of alkyl halides is 3. The Morgan fingerprint density at radius 1 is 1.22 bits per heavy atom. The lowest BCUT2D eigenvalue weighted by Crippen LogP contribution is -2.48. The van der Waals surface area contributed by atoms with Crippen molar-refractivity contribution in [2.45, 2.75) is 42.7 Å². The number of β-amino-alcohol motifs (C(OH)–C–C–N with tert-alkyl or cyclic N) is 1. The summed E-state index contributed by atoms with van der Waals surface area (Å²) in [5, 5.41) is 30.2. The lowest BCUT2D eigenvalue weighted by atomic mass is 10.0. The first-order valence-corrected chi connectivity index (χ1v) is 12.1. The van der Waals surface area contributed by atoms with Gasteiger partial charge in [-0.2, -0.15) is 22.7 Å². The zero-order valence-corrected chi connectivity index (χ0v) is 20.4. The van der Waals surface area contributed by atoms with E-state index < -0.39 is 63.6 Å². The molecule has 1 aliphatic heterocycles. The van der Waals surface area contributed by atoms with Crippen molar-refractivity contribution in [3.8, 4) is 23.3 Å². The Kier molecular flexibility index (Phi) is 7.75. The molecule has 0 aromatic heterocycles. The van der Waals surface area contributed by atoms with E-state index in [2.05, 4.69) is 0 Å². The Morgan fingerprint density at radius 2 is 1.92 bits per heavy atom. The Bertz CT molecular complexity index is 1260. The van der Waals surface area contributed by atoms with E-state index in [4.69, 9.17) is 14.2 Å². The molecule has 3 rings (SSSR count). The summed E-state index contributed by atoms with van der Waals surface area (Å²) in [6.45, 7) is 1.58. The number of nitrogens with zero attached hydrogens (tertiary/aromatic N) is 2. The minimum atomic E-state index is -4.77. The van der Waals surface area contributed by atoms with Crippen molar-refractivity contribution in [1.29, 1.82) is 5.26 Å². The van der Waals surface area contributed by atoms with Gasteiger partial charge in [0.25, 0.3) is 0 Å². The van der Waals surface area contributed by atoms with Gasteiger partial charge in [0, 0.05) is 12.6 Å². The van der Waals surface area contributed by atoms with Crippen LogP contribution in [0.4, 0.5) is 13.2 Å². The van der Waals surface area contributed by atoms with E-state index in [0.29, 0.717) is 23.9 Å². The van der Waals surface area contributed by atoms with Crippen LogP contribution in [-0.4, -0.2) is 67.6 Å². The summed E-state index contributed by atoms with van der Waals surface area (Å²) in [5.74, 6) is 0.853. The summed E-state index contributed by atoms with van der Waals surface area (Å²) in [5.41, 5.74) is -3.94. The topological polar surface area (TPSA) is 129 Å². The molecular weight excluding hydrogens is 505 g/mol. The van der Waals surface area contributed by atoms with Crippen LogP contribution >= 0.6 is 0 Å². The number of methoxy groups -OCH3 is 1. The fraction of sp³-hybridized carbons (Fsp3) is 0.435. The molecule has 0 radical (unpaired) electrons. The monoisotopic (exact) mass is 530 g/mol. The van der Waals surface area contributed by atoms with Crippen LogP contribution in [0, 0.1) is 11.3 Å². The molecule has 0 amide bonds. The van der Waals surface area contributed by atoms with E-state index in [0.717, 1.165) is 4.31 Å². The summed E-state index contributed by atoms with van der Waals surface area (Å²) in [4.78, 5) is -0.660. The molecule has 2 aromatic carbocycles. The summed E-state index contributed by atoms with van der Waals surface area (Å²) >= 11 is 0. The average Bonchev–Trinajstić information content (AvgIpc) is 3.16. The molecule has 1 fully saturated rings. The number of aliphatic hydroxyl groups is 2. The molecule has 2 atom stereocenters. The summed E-state index contributed by atoms with van der Waals surface area (Å²) in [6.07, 6.45) is -6.31. The van der Waals surface area contributed by atoms with Crippen LogP contribution in [0.2, 0.25) is 0 Å². The molecule has 9 nitrogen and oxygen atoms in total. The zero-order valence-electron chi connectivity index (χ0n) is 19.6. The predicted molar refractivity (Wildman–Crippen MR) is 120 cm³/mol. The largest absolute Gasteiger partial charge is 0.497 e. The number of nitriles is 1. The SMILES string of the molecule is COc1ccc(O[C@H]2CN(S(=O)(=O)c3ccc(C(F)(F)F)cc3C#N)C[C@@]2(O)CO)c(OC(C)C)c1. The predicted octanol–water partition coefficient (Wildman–Crippen LogP) is 2.55. The molecule has 1 saturated heterocycles. The standard InChI is InChI=1S/C23H25F3N2O7S/c1-14(2)34-19-9-17(33-3)5-6-18(19)35-21-11-28(12-22(21,30)13-29)36(31,32)20-7-4-16(23(24,25)26)8-15(20)10-27/h4-9,14,21,29-30H,11-13H2,1-3H3/t21-,22+/m0/s1. The fourth-order valence-corrected chi connectivity index (χ4v) is 5.30. The van der Waals surface area contributed by atoms with Crippen LogP contribution in [0.3, 0.4) is 0 Å². The van der Waals surface area contributed by atoms with Gasteiger partial charge < -0.3 is 24.4 Å². The average molecular weight is 531 g/mol. The van der Waals surface area contributed by atoms with Crippen molar-refractivity contribution in [1.82, 2.24) is 4.31 Å². The molecular formula is C23H25F3N2O7S. The van der Waals surface area contributed by atoms with Crippen molar-refractivity contribution < 1.29 is 46.0 Å². The molecule has 196 valence electrons. The van der Waals surface area contributed by atoms with Gasteiger partial charge in [0.2, 0.25) is 10.0 Å². The quantitative estimate of drug-likeness (QED) is 0.533. The molecule has 36 heavy (non-hydrogen) atoms. The molecule has 0 bridgehead atoms. The van der Waals surface area contributed by atoms with Gasteiger partial charge >= 0.3 is 6.18 Å². The smallest absolute Gasteiger partial charge is 0.416 e. The number of benzene rings is 2. The molecule has 2 aromatic rings. The van der Waals surface area contributed by atoms with Gasteiger partial charge in [-0.3, -0.25) is 0 Å². The van der Waals surface area contributed by atoms with Crippen molar-refractivity contribution >= 4 is 10.0 Å². The Morgan fingerprint density at radius 3 is 2.47 bits per heavy atom. The van der Waals surface area contributed by atoms with E-state index in [1.165, 1.54) is 25.3 Å². The van der Waals surface area contributed by atoms with Crippen molar-refractivity contribution in [3.63, 3.8) is 0 Å². The minimum Gasteiger partial charge on any atom is -0.497 e. The summed E-state index contributed by atoms with van der Waals surface area (Å²) < 4.78 is 83.2. The zero-order chi connectivity index (χ0) is 26.9.